The Kier molecular flexibility index (Phi) is 13.9. The van der Waals surface area contributed by atoms with Crippen molar-refractivity contribution in [3.63, 3.8) is 0 Å². The molecule has 3 aliphatic carbocycles. The van der Waals surface area contributed by atoms with Gasteiger partial charge < -0.3 is 20.2 Å². The Balaban J connectivity index is 0.676. The Morgan fingerprint density at radius 3 is 2.41 bits per heavy atom. The van der Waals surface area contributed by atoms with E-state index in [1.807, 2.05) is 54.5 Å². The number of carbonyl (C=O) groups is 2. The maximum Gasteiger partial charge on any atom is 0.282 e. The van der Waals surface area contributed by atoms with Crippen molar-refractivity contribution in [1.29, 1.82) is 0 Å². The van der Waals surface area contributed by atoms with Crippen molar-refractivity contribution >= 4 is 45.7 Å². The van der Waals surface area contributed by atoms with Gasteiger partial charge in [-0.25, -0.2) is 9.67 Å². The molecule has 3 aromatic heterocycles. The van der Waals surface area contributed by atoms with Gasteiger partial charge in [0.15, 0.2) is 0 Å². The van der Waals surface area contributed by atoms with E-state index in [1.54, 1.807) is 22.3 Å². The van der Waals surface area contributed by atoms with E-state index >= 15 is 0 Å². The van der Waals surface area contributed by atoms with E-state index in [0.717, 1.165) is 155 Å². The highest BCUT2D eigenvalue weighted by Gasteiger charge is 2.48. The van der Waals surface area contributed by atoms with E-state index in [9.17, 15) is 19.5 Å². The fraction of sp³-hybridized carbons (Fsp3) is 0.542. The number of nitrogens with one attached hydrogen (secondary N) is 1. The summed E-state index contributed by atoms with van der Waals surface area (Å²) in [6.45, 7) is 7.37. The Hall–Kier alpha value is -5.28. The number of halogens is 1. The number of amides is 2. The summed E-state index contributed by atoms with van der Waals surface area (Å²) in [5.41, 5.74) is 10.2. The lowest BCUT2D eigenvalue weighted by Crippen LogP contribution is -2.50. The minimum atomic E-state index is -0.779. The molecule has 2 saturated heterocycles. The zero-order valence-corrected chi connectivity index (χ0v) is 44.5. The van der Waals surface area contributed by atoms with Gasteiger partial charge in [0.1, 0.15) is 17.9 Å². The van der Waals surface area contributed by atoms with Gasteiger partial charge in [0.25, 0.3) is 5.56 Å². The van der Waals surface area contributed by atoms with E-state index in [1.165, 1.54) is 23.2 Å². The second kappa shape index (κ2) is 20.7. The van der Waals surface area contributed by atoms with Gasteiger partial charge in [0.05, 0.1) is 60.9 Å². The van der Waals surface area contributed by atoms with Crippen LogP contribution in [-0.2, 0) is 15.0 Å². The van der Waals surface area contributed by atoms with Crippen molar-refractivity contribution in [1.82, 2.24) is 44.6 Å². The van der Waals surface area contributed by atoms with Crippen molar-refractivity contribution in [2.45, 2.75) is 164 Å². The van der Waals surface area contributed by atoms with Gasteiger partial charge in [-0.1, -0.05) is 97.8 Å². The van der Waals surface area contributed by atoms with Gasteiger partial charge >= 0.3 is 0 Å². The van der Waals surface area contributed by atoms with Gasteiger partial charge in [-0.3, -0.25) is 19.0 Å². The fourth-order valence-corrected chi connectivity index (χ4v) is 15.4. The van der Waals surface area contributed by atoms with E-state index < -0.39 is 18.2 Å². The lowest BCUT2D eigenvalue weighted by Gasteiger charge is -2.37. The van der Waals surface area contributed by atoms with Crippen LogP contribution in [0.25, 0.3) is 27.0 Å². The first-order valence-corrected chi connectivity index (χ1v) is 29.1. The van der Waals surface area contributed by atoms with E-state index in [0.29, 0.717) is 28.2 Å². The number of aromatic nitrogens is 6. The Morgan fingerprint density at radius 1 is 0.905 bits per heavy atom. The van der Waals surface area contributed by atoms with E-state index in [-0.39, 0.29) is 47.7 Å². The Labute approximate surface area is 443 Å². The molecule has 0 radical (unpaired) electrons. The third kappa shape index (κ3) is 9.23. The molecule has 1 spiro atoms. The summed E-state index contributed by atoms with van der Waals surface area (Å²) in [5.74, 6) is 2.00. The number of carbonyl (C=O) groups excluding carboxylic acids is 2. The van der Waals surface area contributed by atoms with Crippen LogP contribution in [-0.4, -0.2) is 94.6 Å². The standard InChI is InChI=1S/C59H70ClN9O4S/c1-36(39-18-20-43(21-19-39)54-37(2)61-35-74-54)62-55(71)51-31-45(70)33-67(51)57(73)53(42-10-5-3-6-11-42)68-34-48(64-65-68)41-16-14-38(15-17-41)32-66-28-24-40(25-29-66)44-22-23-46-50(30-44)69-49-13-9-12-47(60)52(49)56(72)63-58(69)59(46)26-7-4-8-27-59/h9,12-13,18-23,30,34-36,38,40-42,45,51,53,70H,3-8,10-11,14-17,24-29,31-33H2,1-2H3,(H,62,71)/t36-,38?,41?,45+,51-,53-/m0/s1. The third-order valence-electron chi connectivity index (χ3n) is 18.4. The van der Waals surface area contributed by atoms with Crippen LogP contribution in [0.1, 0.15) is 174 Å². The zero-order chi connectivity index (χ0) is 50.7. The second-order valence-electron chi connectivity index (χ2n) is 22.9. The van der Waals surface area contributed by atoms with Crippen LogP contribution in [0.15, 0.2) is 77.2 Å². The number of rotatable bonds is 11. The molecule has 3 aliphatic heterocycles. The number of likely N-dealkylation sites (tertiary alicyclic amines) is 2. The molecule has 6 heterocycles. The van der Waals surface area contributed by atoms with Crippen molar-refractivity contribution in [3.05, 3.63) is 122 Å². The normalized spacial score (nSPS) is 24.2. The molecule has 15 heteroatoms. The molecule has 4 atom stereocenters. The molecule has 12 rings (SSSR count). The lowest BCUT2D eigenvalue weighted by molar-refractivity contribution is -0.143. The van der Waals surface area contributed by atoms with Crippen LogP contribution < -0.4 is 10.9 Å². The highest BCUT2D eigenvalue weighted by atomic mass is 35.5. The number of piperidine rings is 1. The Morgan fingerprint density at radius 2 is 1.66 bits per heavy atom. The summed E-state index contributed by atoms with van der Waals surface area (Å²) < 4.78 is 4.10. The average Bonchev–Trinajstić information content (AvgIpc) is 4.25. The first kappa shape index (κ1) is 49.6. The van der Waals surface area contributed by atoms with Gasteiger partial charge in [-0.05, 0) is 149 Å². The first-order chi connectivity index (χ1) is 36.0. The van der Waals surface area contributed by atoms with Crippen LogP contribution in [0, 0.1) is 18.8 Å². The lowest BCUT2D eigenvalue weighted by atomic mass is 9.69. The summed E-state index contributed by atoms with van der Waals surface area (Å²) in [6, 6.07) is 19.5. The van der Waals surface area contributed by atoms with Crippen LogP contribution in [0.3, 0.4) is 0 Å². The second-order valence-corrected chi connectivity index (χ2v) is 24.2. The van der Waals surface area contributed by atoms with Crippen molar-refractivity contribution in [2.24, 2.45) is 11.8 Å². The maximum atomic E-state index is 14.9. The van der Waals surface area contributed by atoms with E-state index in [2.05, 4.69) is 50.1 Å². The number of thiazole rings is 1. The molecule has 74 heavy (non-hydrogen) atoms. The highest BCUT2D eigenvalue weighted by molar-refractivity contribution is 7.13. The van der Waals surface area contributed by atoms with Crippen molar-refractivity contribution < 1.29 is 14.7 Å². The summed E-state index contributed by atoms with van der Waals surface area (Å²) in [7, 11) is 0. The Bertz CT molecular complexity index is 3090. The summed E-state index contributed by atoms with van der Waals surface area (Å²) in [5, 5.41) is 24.6. The van der Waals surface area contributed by atoms with E-state index in [4.69, 9.17) is 26.9 Å². The minimum Gasteiger partial charge on any atom is -0.391 e. The number of aliphatic hydroxyl groups is 1. The van der Waals surface area contributed by atoms with Gasteiger partial charge in [-0.2, -0.15) is 4.98 Å². The summed E-state index contributed by atoms with van der Waals surface area (Å²) >= 11 is 8.27. The molecule has 6 aromatic rings. The zero-order valence-electron chi connectivity index (χ0n) is 42.9. The molecule has 0 bridgehead atoms. The molecule has 2 amide bonds. The molecule has 3 aromatic carbocycles. The minimum absolute atomic E-state index is 0.0872. The predicted octanol–water partition coefficient (Wildman–Crippen LogP) is 10.7. The molecule has 13 nitrogen and oxygen atoms in total. The average molecular weight is 1040 g/mol. The molecule has 6 aliphatic rings. The monoisotopic (exact) mass is 1040 g/mol. The quantitative estimate of drug-likeness (QED) is 0.129. The SMILES string of the molecule is Cc1ncsc1-c1ccc([C@H](C)NC(=O)[C@@H]2C[C@@H](O)CN2C(=O)[C@H](C2CCCCC2)n2cc(C3CCC(CN4CCC(c5ccc6c(c5)-n5c(nc(=O)c7c(Cl)cccc75)C65CCCCC5)CC4)CC3)nn2)cc1. The number of β-amino-alcohol motifs (C(OH)–C–C–N with tert-alkyl or cyclic N) is 1. The number of hydrogen-bond donors (Lipinski definition) is 2. The number of aryl methyl sites for hydroxylation is 1. The fourth-order valence-electron chi connectivity index (χ4n) is 14.4. The third-order valence-corrected chi connectivity index (χ3v) is 19.7. The topological polar surface area (TPSA) is 151 Å². The molecule has 0 unspecified atom stereocenters. The van der Waals surface area contributed by atoms with Gasteiger partial charge in [0.2, 0.25) is 11.8 Å². The van der Waals surface area contributed by atoms with Crippen molar-refractivity contribution in [2.75, 3.05) is 26.2 Å². The highest BCUT2D eigenvalue weighted by Crippen LogP contribution is 2.52. The first-order valence-electron chi connectivity index (χ1n) is 27.8. The molecule has 2 N–H and O–H groups in total. The molecule has 3 saturated carbocycles. The van der Waals surface area contributed by atoms with Crippen LogP contribution in [0.2, 0.25) is 5.02 Å². The molecule has 388 valence electrons. The van der Waals surface area contributed by atoms with Crippen LogP contribution >= 0.6 is 22.9 Å². The number of nitrogens with zero attached hydrogens (tertiary/aromatic N) is 8. The molecular formula is C59H70ClN9O4S. The maximum absolute atomic E-state index is 14.9. The number of fused-ring (bicyclic) bond motifs is 7. The number of aliphatic hydroxyl groups excluding tert-OH is 1. The summed E-state index contributed by atoms with van der Waals surface area (Å²) in [4.78, 5) is 57.1. The largest absolute Gasteiger partial charge is 0.391 e. The van der Waals surface area contributed by atoms with Gasteiger partial charge in [0, 0.05) is 31.6 Å². The van der Waals surface area contributed by atoms with Crippen LogP contribution in [0.5, 0.6) is 0 Å². The summed E-state index contributed by atoms with van der Waals surface area (Å²) in [6.07, 6.45) is 18.7. The number of hydrogen-bond acceptors (Lipinski definition) is 10. The van der Waals surface area contributed by atoms with Crippen LogP contribution in [0.4, 0.5) is 0 Å². The number of benzene rings is 3. The predicted molar refractivity (Wildman–Crippen MR) is 290 cm³/mol. The smallest absolute Gasteiger partial charge is 0.282 e. The molecule has 5 fully saturated rings. The van der Waals surface area contributed by atoms with Gasteiger partial charge in [-0.15, -0.1) is 16.4 Å². The molecular weight excluding hydrogens is 966 g/mol. The van der Waals surface area contributed by atoms with Crippen molar-refractivity contribution in [3.8, 4) is 16.1 Å².